The first kappa shape index (κ1) is 10.4. The van der Waals surface area contributed by atoms with Crippen molar-refractivity contribution in [3.63, 3.8) is 0 Å². The topological polar surface area (TPSA) is 12.4 Å². The summed E-state index contributed by atoms with van der Waals surface area (Å²) in [7, 11) is 0. The van der Waals surface area contributed by atoms with E-state index in [2.05, 4.69) is 39.3 Å². The zero-order valence-corrected chi connectivity index (χ0v) is 8.36. The van der Waals surface area contributed by atoms with Crippen LogP contribution < -0.4 is 0 Å². The third-order valence-corrected chi connectivity index (χ3v) is 1.53. The molecule has 0 bridgehead atoms. The van der Waals surface area contributed by atoms with Gasteiger partial charge in [-0.05, 0) is 13.3 Å². The van der Waals surface area contributed by atoms with E-state index in [0.29, 0.717) is 0 Å². The maximum Gasteiger partial charge on any atom is 0.0300 e. The summed E-state index contributed by atoms with van der Waals surface area (Å²) < 4.78 is 0. The number of nitrogens with zero attached hydrogens (tertiary/aromatic N) is 1. The lowest BCUT2D eigenvalue weighted by Crippen LogP contribution is -2.19. The molecule has 0 rings (SSSR count). The molecule has 0 aliphatic heterocycles. The molecule has 1 heteroatoms. The minimum absolute atomic E-state index is 0.188. The number of allylic oxidation sites excluding steroid dienone is 1. The Labute approximate surface area is 70.2 Å². The van der Waals surface area contributed by atoms with Crippen LogP contribution in [0.15, 0.2) is 17.3 Å². The van der Waals surface area contributed by atoms with Crippen molar-refractivity contribution in [2.24, 2.45) is 10.4 Å². The van der Waals surface area contributed by atoms with Crippen LogP contribution in [0.3, 0.4) is 0 Å². The fourth-order valence-corrected chi connectivity index (χ4v) is 1.01. The third-order valence-electron chi connectivity index (χ3n) is 1.53. The Bertz CT molecular complexity index is 170. The molecule has 0 aliphatic rings. The molecule has 0 spiro atoms. The van der Waals surface area contributed by atoms with Crippen molar-refractivity contribution in [3.05, 3.63) is 12.3 Å². The summed E-state index contributed by atoms with van der Waals surface area (Å²) in [5.41, 5.74) is 2.31. The Kier molecular flexibility index (Phi) is 3.50. The first-order valence-electron chi connectivity index (χ1n) is 4.11. The Morgan fingerprint density at radius 3 is 1.91 bits per heavy atom. The molecular weight excluding hydrogens is 134 g/mol. The van der Waals surface area contributed by atoms with Gasteiger partial charge in [0.25, 0.3) is 0 Å². The Balaban J connectivity index is 4.54. The van der Waals surface area contributed by atoms with Gasteiger partial charge in [0.15, 0.2) is 0 Å². The minimum Gasteiger partial charge on any atom is -0.263 e. The van der Waals surface area contributed by atoms with Gasteiger partial charge < -0.3 is 0 Å². The number of hydrogen-bond acceptors (Lipinski definition) is 1. The first-order chi connectivity index (χ1) is 4.88. The molecule has 0 atom stereocenters. The quantitative estimate of drug-likeness (QED) is 0.539. The molecule has 0 radical (unpaired) electrons. The predicted molar refractivity (Wildman–Crippen MR) is 52.0 cm³/mol. The summed E-state index contributed by atoms with van der Waals surface area (Å²) in [5.74, 6) is 0. The highest BCUT2D eigenvalue weighted by Gasteiger charge is 2.16. The number of rotatable bonds is 2. The van der Waals surface area contributed by atoms with E-state index in [4.69, 9.17) is 0 Å². The van der Waals surface area contributed by atoms with Gasteiger partial charge in [-0.15, -0.1) is 0 Å². The molecule has 0 fully saturated rings. The molecule has 0 aromatic heterocycles. The summed E-state index contributed by atoms with van der Waals surface area (Å²) in [6, 6.07) is 0. The third kappa shape index (κ3) is 3.97. The lowest BCUT2D eigenvalue weighted by atomic mass is 9.88. The van der Waals surface area contributed by atoms with Gasteiger partial charge in [-0.25, -0.2) is 0 Å². The van der Waals surface area contributed by atoms with Crippen LogP contribution >= 0.6 is 0 Å². The van der Waals surface area contributed by atoms with Crippen molar-refractivity contribution in [1.82, 2.24) is 0 Å². The van der Waals surface area contributed by atoms with E-state index in [1.54, 1.807) is 0 Å². The van der Waals surface area contributed by atoms with Crippen LogP contribution in [-0.4, -0.2) is 5.71 Å². The Morgan fingerprint density at radius 2 is 1.82 bits per heavy atom. The maximum absolute atomic E-state index is 4.39. The summed E-state index contributed by atoms with van der Waals surface area (Å²) in [4.78, 5) is 4.39. The largest absolute Gasteiger partial charge is 0.263 e. The van der Waals surface area contributed by atoms with Gasteiger partial charge in [-0.2, -0.15) is 0 Å². The van der Waals surface area contributed by atoms with Gasteiger partial charge in [0.1, 0.15) is 0 Å². The smallest absolute Gasteiger partial charge is 0.0300 e. The fraction of sp³-hybridized carbons (Fsp3) is 0.700. The molecule has 11 heavy (non-hydrogen) atoms. The Morgan fingerprint density at radius 1 is 1.36 bits per heavy atom. The highest BCUT2D eigenvalue weighted by atomic mass is 14.8. The van der Waals surface area contributed by atoms with Crippen molar-refractivity contribution >= 4 is 5.71 Å². The van der Waals surface area contributed by atoms with E-state index in [0.717, 1.165) is 12.1 Å². The molecule has 1 nitrogen and oxygen atoms in total. The van der Waals surface area contributed by atoms with E-state index >= 15 is 0 Å². The molecule has 0 N–H and O–H groups in total. The number of aliphatic imine (C=N–C) groups is 1. The highest BCUT2D eigenvalue weighted by Crippen LogP contribution is 2.19. The van der Waals surface area contributed by atoms with E-state index in [-0.39, 0.29) is 5.41 Å². The average molecular weight is 153 g/mol. The average Bonchev–Trinajstić information content (AvgIpc) is 1.79. The zero-order valence-electron chi connectivity index (χ0n) is 8.36. The van der Waals surface area contributed by atoms with Crippen LogP contribution in [-0.2, 0) is 0 Å². The van der Waals surface area contributed by atoms with Crippen LogP contribution in [0.1, 0.15) is 41.0 Å². The van der Waals surface area contributed by atoms with Crippen molar-refractivity contribution in [3.8, 4) is 0 Å². The van der Waals surface area contributed by atoms with E-state index < -0.39 is 0 Å². The van der Waals surface area contributed by atoms with Crippen LogP contribution in [0.5, 0.6) is 0 Å². The van der Waals surface area contributed by atoms with E-state index in [1.165, 1.54) is 5.71 Å². The lowest BCUT2D eigenvalue weighted by Gasteiger charge is -2.20. The SMILES string of the molecule is C=C(C)/N=C(\CC)C(C)(C)C. The van der Waals surface area contributed by atoms with Crippen LogP contribution in [0.2, 0.25) is 0 Å². The molecular formula is C10H19N. The Hall–Kier alpha value is -0.590. The second-order valence-electron chi connectivity index (χ2n) is 3.90. The molecule has 0 unspecified atom stereocenters. The zero-order chi connectivity index (χ0) is 9.07. The van der Waals surface area contributed by atoms with Crippen LogP contribution in [0.4, 0.5) is 0 Å². The fourth-order valence-electron chi connectivity index (χ4n) is 1.01. The van der Waals surface area contributed by atoms with Gasteiger partial charge in [0.05, 0.1) is 0 Å². The van der Waals surface area contributed by atoms with Crippen molar-refractivity contribution in [1.29, 1.82) is 0 Å². The highest BCUT2D eigenvalue weighted by molar-refractivity contribution is 5.89. The maximum atomic E-state index is 4.39. The monoisotopic (exact) mass is 153 g/mol. The van der Waals surface area contributed by atoms with E-state index in [1.807, 2.05) is 6.92 Å². The second-order valence-corrected chi connectivity index (χ2v) is 3.90. The normalized spacial score (nSPS) is 13.4. The summed E-state index contributed by atoms with van der Waals surface area (Å²) in [6.07, 6.45) is 1.01. The van der Waals surface area contributed by atoms with Crippen LogP contribution in [0.25, 0.3) is 0 Å². The summed E-state index contributed by atoms with van der Waals surface area (Å²) in [6.45, 7) is 14.4. The van der Waals surface area contributed by atoms with Crippen molar-refractivity contribution in [2.45, 2.75) is 41.0 Å². The van der Waals surface area contributed by atoms with Gasteiger partial charge in [0, 0.05) is 16.8 Å². The van der Waals surface area contributed by atoms with Crippen LogP contribution in [0, 0.1) is 5.41 Å². The summed E-state index contributed by atoms with van der Waals surface area (Å²) in [5, 5.41) is 0. The van der Waals surface area contributed by atoms with Gasteiger partial charge in [-0.1, -0.05) is 34.3 Å². The van der Waals surface area contributed by atoms with Crippen molar-refractivity contribution < 1.29 is 0 Å². The van der Waals surface area contributed by atoms with E-state index in [9.17, 15) is 0 Å². The summed E-state index contributed by atoms with van der Waals surface area (Å²) >= 11 is 0. The molecule has 0 heterocycles. The minimum atomic E-state index is 0.188. The molecule has 0 saturated heterocycles. The van der Waals surface area contributed by atoms with Gasteiger partial charge in [-0.3, -0.25) is 4.99 Å². The lowest BCUT2D eigenvalue weighted by molar-refractivity contribution is 0.579. The molecule has 0 saturated carbocycles. The van der Waals surface area contributed by atoms with Crippen molar-refractivity contribution in [2.75, 3.05) is 0 Å². The molecule has 0 amide bonds. The molecule has 0 aliphatic carbocycles. The number of hydrogen-bond donors (Lipinski definition) is 0. The van der Waals surface area contributed by atoms with Gasteiger partial charge >= 0.3 is 0 Å². The predicted octanol–water partition coefficient (Wildman–Crippen LogP) is 3.42. The molecule has 64 valence electrons. The molecule has 0 aromatic rings. The second kappa shape index (κ2) is 3.70. The van der Waals surface area contributed by atoms with Gasteiger partial charge in [0.2, 0.25) is 0 Å². The standard InChI is InChI=1S/C10H19N/c1-7-9(10(4,5)6)11-8(2)3/h2,7H2,1,3-6H3/b11-9+. The first-order valence-corrected chi connectivity index (χ1v) is 4.11. The molecule has 0 aromatic carbocycles.